The van der Waals surface area contributed by atoms with Gasteiger partial charge < -0.3 is 24.3 Å². The van der Waals surface area contributed by atoms with E-state index in [2.05, 4.69) is 22.3 Å². The van der Waals surface area contributed by atoms with Gasteiger partial charge in [0.2, 0.25) is 5.91 Å². The maximum atomic E-state index is 13.6. The van der Waals surface area contributed by atoms with E-state index in [0.717, 1.165) is 38.2 Å². The Morgan fingerprint density at radius 2 is 1.86 bits per heavy atom. The van der Waals surface area contributed by atoms with Crippen LogP contribution in [-0.4, -0.2) is 77.5 Å². The van der Waals surface area contributed by atoms with Crippen LogP contribution in [-0.2, 0) is 16.1 Å². The lowest BCUT2D eigenvalue weighted by molar-refractivity contribution is -0.128. The molecule has 2 fully saturated rings. The summed E-state index contributed by atoms with van der Waals surface area (Å²) in [5.41, 5.74) is 1.72. The molecular weight excluding hydrogens is 554 g/mol. The van der Waals surface area contributed by atoms with Gasteiger partial charge in [-0.25, -0.2) is 4.98 Å². The molecular formula is C31H33N5O5S. The number of amides is 2. The van der Waals surface area contributed by atoms with Crippen molar-refractivity contribution in [1.82, 2.24) is 19.8 Å². The Morgan fingerprint density at radius 1 is 1.02 bits per heavy atom. The molecule has 42 heavy (non-hydrogen) atoms. The molecule has 218 valence electrons. The molecule has 0 saturated carbocycles. The van der Waals surface area contributed by atoms with Crippen LogP contribution in [0.3, 0.4) is 0 Å². The molecule has 2 amide bonds. The minimum Gasteiger partial charge on any atom is -0.467 e. The van der Waals surface area contributed by atoms with E-state index in [4.69, 9.17) is 14.1 Å². The number of rotatable bonds is 9. The Morgan fingerprint density at radius 3 is 2.60 bits per heavy atom. The van der Waals surface area contributed by atoms with E-state index >= 15 is 0 Å². The fourth-order valence-corrected chi connectivity index (χ4v) is 6.24. The van der Waals surface area contributed by atoms with Gasteiger partial charge in [0.1, 0.15) is 5.76 Å². The number of piperazine rings is 1. The van der Waals surface area contributed by atoms with Crippen molar-refractivity contribution in [1.29, 1.82) is 0 Å². The molecule has 1 atom stereocenters. The molecule has 4 aromatic rings. The molecule has 0 aliphatic carbocycles. The molecule has 1 unspecified atom stereocenters. The minimum absolute atomic E-state index is 0.00568. The first kappa shape index (κ1) is 28.0. The van der Waals surface area contributed by atoms with Gasteiger partial charge in [-0.2, -0.15) is 0 Å². The zero-order chi connectivity index (χ0) is 28.9. The predicted molar refractivity (Wildman–Crippen MR) is 161 cm³/mol. The second kappa shape index (κ2) is 12.8. The van der Waals surface area contributed by atoms with E-state index in [1.54, 1.807) is 36.6 Å². The Labute approximate surface area is 247 Å². The van der Waals surface area contributed by atoms with Crippen LogP contribution in [0.25, 0.3) is 10.9 Å². The summed E-state index contributed by atoms with van der Waals surface area (Å²) in [6.07, 6.45) is 3.51. The number of hydrogen-bond acceptors (Lipinski definition) is 8. The second-order valence-electron chi connectivity index (χ2n) is 10.4. The third-order valence-electron chi connectivity index (χ3n) is 7.67. The lowest BCUT2D eigenvalue weighted by Gasteiger charge is -2.36. The summed E-state index contributed by atoms with van der Waals surface area (Å²) in [7, 11) is 0. The summed E-state index contributed by atoms with van der Waals surface area (Å²) in [5.74, 6) is 0.499. The first-order valence-electron chi connectivity index (χ1n) is 14.2. The van der Waals surface area contributed by atoms with Gasteiger partial charge in [0.05, 0.1) is 35.6 Å². The Kier molecular flexibility index (Phi) is 8.57. The molecule has 2 aliphatic heterocycles. The van der Waals surface area contributed by atoms with Crippen molar-refractivity contribution in [2.45, 2.75) is 30.6 Å². The van der Waals surface area contributed by atoms with Crippen LogP contribution in [0.2, 0.25) is 0 Å². The van der Waals surface area contributed by atoms with E-state index in [0.29, 0.717) is 47.0 Å². The first-order chi connectivity index (χ1) is 20.5. The highest BCUT2D eigenvalue weighted by molar-refractivity contribution is 7.99. The van der Waals surface area contributed by atoms with E-state index in [1.165, 1.54) is 16.3 Å². The van der Waals surface area contributed by atoms with Crippen molar-refractivity contribution in [2.75, 3.05) is 50.0 Å². The number of anilines is 1. The van der Waals surface area contributed by atoms with Gasteiger partial charge in [-0.1, -0.05) is 30.0 Å². The number of aromatic nitrogens is 2. The highest BCUT2D eigenvalue weighted by atomic mass is 32.2. The third-order valence-corrected chi connectivity index (χ3v) is 8.63. The van der Waals surface area contributed by atoms with Crippen LogP contribution in [0.15, 0.2) is 81.3 Å². The highest BCUT2D eigenvalue weighted by Gasteiger charge is 2.23. The maximum absolute atomic E-state index is 13.6. The van der Waals surface area contributed by atoms with Crippen molar-refractivity contribution in [3.8, 4) is 0 Å². The van der Waals surface area contributed by atoms with Gasteiger partial charge in [-0.05, 0) is 55.3 Å². The molecule has 0 radical (unpaired) electrons. The number of nitrogens with zero attached hydrogens (tertiary/aromatic N) is 4. The standard InChI is InChI=1S/C31H33N5O5S/c37-28(35-14-12-34(13-15-35)23-6-2-1-3-7-23)21-42-31-33-27-18-22(29(38)32-19-24-8-4-16-40-24)10-11-26(27)30(39)36(31)20-25-9-5-17-41-25/h1-3,5-7,9-11,17-18,24H,4,8,12-16,19-21H2,(H,32,38). The monoisotopic (exact) mass is 587 g/mol. The normalized spacial score (nSPS) is 17.1. The molecule has 4 heterocycles. The molecule has 10 nitrogen and oxygen atoms in total. The van der Waals surface area contributed by atoms with E-state index in [-0.39, 0.29) is 35.8 Å². The van der Waals surface area contributed by atoms with Gasteiger partial charge >= 0.3 is 0 Å². The Bertz CT molecular complexity index is 1590. The number of carbonyl (C=O) groups is 2. The lowest BCUT2D eigenvalue weighted by Crippen LogP contribution is -2.49. The van der Waals surface area contributed by atoms with E-state index in [9.17, 15) is 14.4 Å². The summed E-state index contributed by atoms with van der Waals surface area (Å²) in [6.45, 7) is 4.12. The van der Waals surface area contributed by atoms with Crippen LogP contribution in [0.4, 0.5) is 5.69 Å². The zero-order valence-corrected chi connectivity index (χ0v) is 24.1. The number of para-hydroxylation sites is 1. The fraction of sp³-hybridized carbons (Fsp3) is 0.355. The quantitative estimate of drug-likeness (QED) is 0.235. The number of fused-ring (bicyclic) bond motifs is 1. The molecule has 2 aromatic carbocycles. The van der Waals surface area contributed by atoms with Crippen molar-refractivity contribution < 1.29 is 18.7 Å². The molecule has 0 spiro atoms. The maximum Gasteiger partial charge on any atom is 0.262 e. The number of furan rings is 1. The van der Waals surface area contributed by atoms with Crippen LogP contribution in [0.1, 0.15) is 29.0 Å². The van der Waals surface area contributed by atoms with E-state index < -0.39 is 0 Å². The Balaban J connectivity index is 1.18. The summed E-state index contributed by atoms with van der Waals surface area (Å²) in [6, 6.07) is 18.7. The summed E-state index contributed by atoms with van der Waals surface area (Å²) < 4.78 is 12.6. The molecule has 2 aromatic heterocycles. The average Bonchev–Trinajstić information content (AvgIpc) is 3.75. The average molecular weight is 588 g/mol. The largest absolute Gasteiger partial charge is 0.467 e. The van der Waals surface area contributed by atoms with Gasteiger partial charge in [0, 0.05) is 50.6 Å². The predicted octanol–water partition coefficient (Wildman–Crippen LogP) is 3.39. The molecule has 6 rings (SSSR count). The molecule has 2 saturated heterocycles. The van der Waals surface area contributed by atoms with Crippen molar-refractivity contribution >= 4 is 40.2 Å². The Hall–Kier alpha value is -4.09. The lowest BCUT2D eigenvalue weighted by atomic mass is 10.1. The molecule has 2 aliphatic rings. The van der Waals surface area contributed by atoms with Crippen LogP contribution >= 0.6 is 11.8 Å². The fourth-order valence-electron chi connectivity index (χ4n) is 5.33. The number of ether oxygens (including phenoxy) is 1. The third kappa shape index (κ3) is 6.37. The summed E-state index contributed by atoms with van der Waals surface area (Å²) in [4.78, 5) is 48.6. The number of benzene rings is 2. The van der Waals surface area contributed by atoms with Gasteiger partial charge in [0.15, 0.2) is 5.16 Å². The van der Waals surface area contributed by atoms with Crippen LogP contribution < -0.4 is 15.8 Å². The highest BCUT2D eigenvalue weighted by Crippen LogP contribution is 2.22. The second-order valence-corrected chi connectivity index (χ2v) is 11.4. The number of thioether (sulfide) groups is 1. The number of nitrogens with one attached hydrogen (secondary N) is 1. The summed E-state index contributed by atoms with van der Waals surface area (Å²) in [5, 5.41) is 3.71. The van der Waals surface area contributed by atoms with Crippen molar-refractivity contribution in [3.05, 3.63) is 88.6 Å². The van der Waals surface area contributed by atoms with Crippen molar-refractivity contribution in [3.63, 3.8) is 0 Å². The molecule has 0 bridgehead atoms. The van der Waals surface area contributed by atoms with Crippen molar-refractivity contribution in [2.24, 2.45) is 0 Å². The number of carbonyl (C=O) groups excluding carboxylic acids is 2. The molecule has 1 N–H and O–H groups in total. The SMILES string of the molecule is O=C(NCC1CCCO1)c1ccc2c(=O)n(Cc3ccco3)c(SCC(=O)N3CCN(c4ccccc4)CC3)nc2c1. The van der Waals surface area contributed by atoms with Gasteiger partial charge in [0.25, 0.3) is 11.5 Å². The van der Waals surface area contributed by atoms with Gasteiger partial charge in [-0.15, -0.1) is 0 Å². The minimum atomic E-state index is -0.255. The first-order valence-corrected chi connectivity index (χ1v) is 15.2. The zero-order valence-electron chi connectivity index (χ0n) is 23.2. The van der Waals surface area contributed by atoms with E-state index in [1.807, 2.05) is 23.1 Å². The molecule has 11 heteroatoms. The number of hydrogen-bond donors (Lipinski definition) is 1. The van der Waals surface area contributed by atoms with Crippen LogP contribution in [0.5, 0.6) is 0 Å². The smallest absolute Gasteiger partial charge is 0.262 e. The van der Waals surface area contributed by atoms with Crippen LogP contribution in [0, 0.1) is 0 Å². The topological polar surface area (TPSA) is 110 Å². The van der Waals surface area contributed by atoms with Gasteiger partial charge in [-0.3, -0.25) is 19.0 Å². The summed E-state index contributed by atoms with van der Waals surface area (Å²) >= 11 is 1.23.